The van der Waals surface area contributed by atoms with Crippen molar-refractivity contribution in [3.05, 3.63) is 89.7 Å². The number of nitrogens with zero attached hydrogens (tertiary/aromatic N) is 2. The lowest BCUT2D eigenvalue weighted by molar-refractivity contribution is 0.0951. The molecule has 0 unspecified atom stereocenters. The van der Waals surface area contributed by atoms with Gasteiger partial charge in [-0.05, 0) is 53.6 Å². The average Bonchev–Trinajstić information content (AvgIpc) is 2.83. The molecule has 0 radical (unpaired) electrons. The minimum atomic E-state index is -0.0454. The molecule has 30 heavy (non-hydrogen) atoms. The number of pyridine rings is 1. The molecular formula is C24H25N3OS2. The normalized spacial score (nSPS) is 13.8. The first kappa shape index (κ1) is 20.8. The predicted octanol–water partition coefficient (Wildman–Crippen LogP) is 4.86. The predicted molar refractivity (Wildman–Crippen MR) is 127 cm³/mol. The molecule has 1 saturated heterocycles. The molecule has 4 rings (SSSR count). The topological polar surface area (TPSA) is 45.2 Å². The second-order valence-electron chi connectivity index (χ2n) is 7.12. The summed E-state index contributed by atoms with van der Waals surface area (Å²) in [5.74, 6) is 3.21. The van der Waals surface area contributed by atoms with Crippen molar-refractivity contribution in [2.45, 2.75) is 17.2 Å². The molecule has 1 fully saturated rings. The van der Waals surface area contributed by atoms with Gasteiger partial charge < -0.3 is 10.2 Å². The largest absolute Gasteiger partial charge is 0.370 e. The Kier molecular flexibility index (Phi) is 7.32. The maximum absolute atomic E-state index is 12.5. The molecule has 0 spiro atoms. The first-order chi connectivity index (χ1) is 14.8. The zero-order valence-corrected chi connectivity index (χ0v) is 18.4. The highest BCUT2D eigenvalue weighted by atomic mass is 32.2. The van der Waals surface area contributed by atoms with E-state index >= 15 is 0 Å². The number of anilines is 1. The number of carbonyl (C=O) groups is 1. The minimum absolute atomic E-state index is 0.0454. The van der Waals surface area contributed by atoms with Gasteiger partial charge in [-0.1, -0.05) is 18.2 Å². The molecule has 2 aromatic carbocycles. The summed E-state index contributed by atoms with van der Waals surface area (Å²) < 4.78 is 0. The summed E-state index contributed by atoms with van der Waals surface area (Å²) in [6, 6.07) is 20.3. The SMILES string of the molecule is O=C(NCc1ccc(N2CCSCC2)cc1)c1ccc(SCc2cccnc2)cc1. The summed E-state index contributed by atoms with van der Waals surface area (Å²) in [5, 5.41) is 3.02. The molecule has 4 nitrogen and oxygen atoms in total. The van der Waals surface area contributed by atoms with Gasteiger partial charge in [-0.3, -0.25) is 9.78 Å². The number of amides is 1. The van der Waals surface area contributed by atoms with E-state index in [-0.39, 0.29) is 5.91 Å². The summed E-state index contributed by atoms with van der Waals surface area (Å²) in [7, 11) is 0. The van der Waals surface area contributed by atoms with Crippen LogP contribution in [-0.4, -0.2) is 35.5 Å². The van der Waals surface area contributed by atoms with Crippen LogP contribution in [0, 0.1) is 0 Å². The van der Waals surface area contributed by atoms with Crippen LogP contribution in [0.5, 0.6) is 0 Å². The highest BCUT2D eigenvalue weighted by molar-refractivity contribution is 7.99. The van der Waals surface area contributed by atoms with Gasteiger partial charge in [0.25, 0.3) is 5.91 Å². The molecule has 0 aliphatic carbocycles. The highest BCUT2D eigenvalue weighted by Gasteiger charge is 2.11. The van der Waals surface area contributed by atoms with E-state index < -0.39 is 0 Å². The van der Waals surface area contributed by atoms with Gasteiger partial charge in [-0.2, -0.15) is 11.8 Å². The summed E-state index contributed by atoms with van der Waals surface area (Å²) in [5.41, 5.74) is 4.25. The molecule has 2 heterocycles. The van der Waals surface area contributed by atoms with Crippen LogP contribution in [-0.2, 0) is 12.3 Å². The Labute approximate surface area is 186 Å². The molecule has 6 heteroatoms. The van der Waals surface area contributed by atoms with Gasteiger partial charge in [0.05, 0.1) is 0 Å². The number of hydrogen-bond donors (Lipinski definition) is 1. The molecule has 1 N–H and O–H groups in total. The molecule has 0 atom stereocenters. The maximum atomic E-state index is 12.5. The van der Waals surface area contributed by atoms with E-state index in [2.05, 4.69) is 45.5 Å². The van der Waals surface area contributed by atoms with Crippen LogP contribution in [0.4, 0.5) is 5.69 Å². The molecule has 0 bridgehead atoms. The first-order valence-corrected chi connectivity index (χ1v) is 12.2. The van der Waals surface area contributed by atoms with Crippen LogP contribution in [0.1, 0.15) is 21.5 Å². The van der Waals surface area contributed by atoms with Crippen molar-refractivity contribution < 1.29 is 4.79 Å². The Morgan fingerprint density at radius 1 is 1.00 bits per heavy atom. The molecule has 3 aromatic rings. The first-order valence-electron chi connectivity index (χ1n) is 10.1. The fourth-order valence-electron chi connectivity index (χ4n) is 3.28. The van der Waals surface area contributed by atoms with Gasteiger partial charge in [-0.15, -0.1) is 11.8 Å². The lowest BCUT2D eigenvalue weighted by atomic mass is 10.1. The van der Waals surface area contributed by atoms with Crippen LogP contribution < -0.4 is 10.2 Å². The molecular weight excluding hydrogens is 410 g/mol. The molecule has 1 aliphatic rings. The number of carbonyl (C=O) groups excluding carboxylic acids is 1. The van der Waals surface area contributed by atoms with E-state index in [1.165, 1.54) is 22.8 Å². The monoisotopic (exact) mass is 435 g/mol. The van der Waals surface area contributed by atoms with Crippen molar-refractivity contribution >= 4 is 35.1 Å². The van der Waals surface area contributed by atoms with Gasteiger partial charge >= 0.3 is 0 Å². The minimum Gasteiger partial charge on any atom is -0.370 e. The molecule has 1 aromatic heterocycles. The van der Waals surface area contributed by atoms with Gasteiger partial charge in [0.1, 0.15) is 0 Å². The zero-order chi connectivity index (χ0) is 20.6. The third-order valence-corrected chi connectivity index (χ3v) is 7.04. The third kappa shape index (κ3) is 5.80. The van der Waals surface area contributed by atoms with Crippen LogP contribution >= 0.6 is 23.5 Å². The number of nitrogens with one attached hydrogen (secondary N) is 1. The van der Waals surface area contributed by atoms with Crippen molar-refractivity contribution in [2.24, 2.45) is 0 Å². The number of aromatic nitrogens is 1. The lowest BCUT2D eigenvalue weighted by Crippen LogP contribution is -2.32. The van der Waals surface area contributed by atoms with Crippen LogP contribution in [0.3, 0.4) is 0 Å². The molecule has 0 saturated carbocycles. The van der Waals surface area contributed by atoms with Crippen LogP contribution in [0.25, 0.3) is 0 Å². The lowest BCUT2D eigenvalue weighted by Gasteiger charge is -2.28. The van der Waals surface area contributed by atoms with E-state index in [1.807, 2.05) is 48.3 Å². The van der Waals surface area contributed by atoms with E-state index in [0.717, 1.165) is 29.3 Å². The fraction of sp³-hybridized carbons (Fsp3) is 0.250. The quantitative estimate of drug-likeness (QED) is 0.537. The Morgan fingerprint density at radius 2 is 1.77 bits per heavy atom. The number of rotatable bonds is 7. The van der Waals surface area contributed by atoms with E-state index in [1.54, 1.807) is 18.0 Å². The van der Waals surface area contributed by atoms with Crippen molar-refractivity contribution in [1.82, 2.24) is 10.3 Å². The van der Waals surface area contributed by atoms with Crippen molar-refractivity contribution in [2.75, 3.05) is 29.5 Å². The van der Waals surface area contributed by atoms with Crippen molar-refractivity contribution in [1.29, 1.82) is 0 Å². The second kappa shape index (κ2) is 10.5. The number of thioether (sulfide) groups is 2. The van der Waals surface area contributed by atoms with E-state index in [9.17, 15) is 4.79 Å². The van der Waals surface area contributed by atoms with Gasteiger partial charge in [0, 0.05) is 65.4 Å². The molecule has 154 valence electrons. The van der Waals surface area contributed by atoms with Gasteiger partial charge in [0.15, 0.2) is 0 Å². The second-order valence-corrected chi connectivity index (χ2v) is 9.40. The Bertz CT molecular complexity index is 940. The zero-order valence-electron chi connectivity index (χ0n) is 16.8. The maximum Gasteiger partial charge on any atom is 0.251 e. The van der Waals surface area contributed by atoms with E-state index in [4.69, 9.17) is 0 Å². The summed E-state index contributed by atoms with van der Waals surface area (Å²) >= 11 is 3.76. The number of benzene rings is 2. The van der Waals surface area contributed by atoms with Crippen molar-refractivity contribution in [3.63, 3.8) is 0 Å². The standard InChI is InChI=1S/C24H25N3OS2/c28-24(21-5-9-23(10-6-21)30-18-20-2-1-11-25-16-20)26-17-19-3-7-22(8-4-19)27-12-14-29-15-13-27/h1-11,16H,12-15,17-18H2,(H,26,28). The van der Waals surface area contributed by atoms with Crippen molar-refractivity contribution in [3.8, 4) is 0 Å². The average molecular weight is 436 g/mol. The molecule has 1 aliphatic heterocycles. The van der Waals surface area contributed by atoms with Gasteiger partial charge in [0.2, 0.25) is 0 Å². The summed E-state index contributed by atoms with van der Waals surface area (Å²) in [6.45, 7) is 2.75. The fourth-order valence-corrected chi connectivity index (χ4v) is 5.02. The number of hydrogen-bond acceptors (Lipinski definition) is 5. The summed E-state index contributed by atoms with van der Waals surface area (Å²) in [4.78, 5) is 20.2. The Balaban J connectivity index is 1.26. The van der Waals surface area contributed by atoms with Gasteiger partial charge in [-0.25, -0.2) is 0 Å². The van der Waals surface area contributed by atoms with Crippen LogP contribution in [0.2, 0.25) is 0 Å². The Hall–Kier alpha value is -2.44. The summed E-state index contributed by atoms with van der Waals surface area (Å²) in [6.07, 6.45) is 3.66. The smallest absolute Gasteiger partial charge is 0.251 e. The Morgan fingerprint density at radius 3 is 2.47 bits per heavy atom. The van der Waals surface area contributed by atoms with E-state index in [0.29, 0.717) is 12.1 Å². The highest BCUT2D eigenvalue weighted by Crippen LogP contribution is 2.23. The molecule has 1 amide bonds. The third-order valence-electron chi connectivity index (χ3n) is 5.01. The van der Waals surface area contributed by atoms with Crippen LogP contribution in [0.15, 0.2) is 78.0 Å².